The summed E-state index contributed by atoms with van der Waals surface area (Å²) in [6.45, 7) is 9.47. The summed E-state index contributed by atoms with van der Waals surface area (Å²) in [6, 6.07) is 0. The molecule has 0 heterocycles. The summed E-state index contributed by atoms with van der Waals surface area (Å²) in [5.74, 6) is 4.08. The quantitative estimate of drug-likeness (QED) is 0.579. The van der Waals surface area contributed by atoms with Crippen LogP contribution in [0.1, 0.15) is 47.0 Å². The number of rotatable bonds is 4. The van der Waals surface area contributed by atoms with Crippen LogP contribution in [0.2, 0.25) is 0 Å². The molecule has 0 heteroatoms. The van der Waals surface area contributed by atoms with Crippen molar-refractivity contribution in [2.45, 2.75) is 47.0 Å². The van der Waals surface area contributed by atoms with Crippen LogP contribution >= 0.6 is 0 Å². The largest absolute Gasteiger partial charge is 0.0651 e. The molecule has 4 atom stereocenters. The first-order valence-electron chi connectivity index (χ1n) is 5.20. The molecule has 11 heavy (non-hydrogen) atoms. The van der Waals surface area contributed by atoms with Gasteiger partial charge in [-0.05, 0) is 30.1 Å². The molecule has 0 aromatic heterocycles. The van der Waals surface area contributed by atoms with Crippen molar-refractivity contribution in [2.24, 2.45) is 23.7 Å². The molecular formula is C11H22. The van der Waals surface area contributed by atoms with Gasteiger partial charge in [-0.2, -0.15) is 0 Å². The number of hydrogen-bond acceptors (Lipinski definition) is 0. The Bertz CT molecular complexity index is 117. The van der Waals surface area contributed by atoms with Gasteiger partial charge in [0.15, 0.2) is 0 Å². The van der Waals surface area contributed by atoms with Crippen molar-refractivity contribution in [1.82, 2.24) is 0 Å². The average Bonchev–Trinajstić information content (AvgIpc) is 2.80. The van der Waals surface area contributed by atoms with E-state index in [4.69, 9.17) is 0 Å². The summed E-state index contributed by atoms with van der Waals surface area (Å²) in [4.78, 5) is 0. The summed E-state index contributed by atoms with van der Waals surface area (Å²) in [5, 5.41) is 0. The second-order valence-corrected chi connectivity index (χ2v) is 4.31. The van der Waals surface area contributed by atoms with Crippen LogP contribution < -0.4 is 0 Å². The molecule has 0 nitrogen and oxygen atoms in total. The van der Waals surface area contributed by atoms with Gasteiger partial charge in [0.2, 0.25) is 0 Å². The van der Waals surface area contributed by atoms with Crippen molar-refractivity contribution >= 4 is 0 Å². The van der Waals surface area contributed by atoms with Gasteiger partial charge in [0.1, 0.15) is 0 Å². The topological polar surface area (TPSA) is 0 Å². The van der Waals surface area contributed by atoms with Crippen molar-refractivity contribution in [3.63, 3.8) is 0 Å². The van der Waals surface area contributed by atoms with Gasteiger partial charge in [0, 0.05) is 0 Å². The molecule has 1 rings (SSSR count). The van der Waals surface area contributed by atoms with E-state index in [9.17, 15) is 0 Å². The van der Waals surface area contributed by atoms with Gasteiger partial charge in [-0.3, -0.25) is 0 Å². The minimum absolute atomic E-state index is 0.941. The van der Waals surface area contributed by atoms with Gasteiger partial charge in [0.05, 0.1) is 0 Å². The van der Waals surface area contributed by atoms with Crippen LogP contribution in [0.3, 0.4) is 0 Å². The van der Waals surface area contributed by atoms with Gasteiger partial charge in [0.25, 0.3) is 0 Å². The molecule has 1 saturated carbocycles. The van der Waals surface area contributed by atoms with Crippen LogP contribution in [0.25, 0.3) is 0 Å². The van der Waals surface area contributed by atoms with Crippen molar-refractivity contribution < 1.29 is 0 Å². The van der Waals surface area contributed by atoms with Crippen molar-refractivity contribution in [3.8, 4) is 0 Å². The molecule has 0 amide bonds. The summed E-state index contributed by atoms with van der Waals surface area (Å²) >= 11 is 0. The van der Waals surface area contributed by atoms with E-state index in [0.717, 1.165) is 23.7 Å². The Balaban J connectivity index is 2.26. The summed E-state index contributed by atoms with van der Waals surface area (Å²) < 4.78 is 0. The maximum atomic E-state index is 2.44. The molecule has 1 fully saturated rings. The molecule has 0 aromatic carbocycles. The van der Waals surface area contributed by atoms with E-state index in [1.807, 2.05) is 0 Å². The molecule has 0 N–H and O–H groups in total. The third-order valence-electron chi connectivity index (χ3n) is 3.72. The smallest absolute Gasteiger partial charge is 0.0355 e. The lowest BCUT2D eigenvalue weighted by Crippen LogP contribution is -2.09. The van der Waals surface area contributed by atoms with Crippen LogP contribution in [0.15, 0.2) is 0 Å². The molecule has 0 bridgehead atoms. The lowest BCUT2D eigenvalue weighted by molar-refractivity contribution is 0.321. The highest BCUT2D eigenvalue weighted by Gasteiger charge is 2.40. The highest BCUT2D eigenvalue weighted by atomic mass is 14.5. The Morgan fingerprint density at radius 2 is 1.91 bits per heavy atom. The second kappa shape index (κ2) is 3.60. The molecule has 0 radical (unpaired) electrons. The zero-order valence-corrected chi connectivity index (χ0v) is 8.43. The lowest BCUT2D eigenvalue weighted by Gasteiger charge is -2.17. The molecule has 1 aliphatic rings. The standard InChI is InChI=1S/C11H22/c1-5-8(3)9(4)11-7-10(11)6-2/h8-11H,5-7H2,1-4H3. The van der Waals surface area contributed by atoms with E-state index in [2.05, 4.69) is 27.7 Å². The molecule has 4 unspecified atom stereocenters. The van der Waals surface area contributed by atoms with Gasteiger partial charge in [-0.25, -0.2) is 0 Å². The molecule has 66 valence electrons. The minimum atomic E-state index is 0.941. The van der Waals surface area contributed by atoms with Gasteiger partial charge in [-0.15, -0.1) is 0 Å². The van der Waals surface area contributed by atoms with E-state index in [-0.39, 0.29) is 0 Å². The van der Waals surface area contributed by atoms with E-state index < -0.39 is 0 Å². The third kappa shape index (κ3) is 1.98. The fourth-order valence-electron chi connectivity index (χ4n) is 2.18. The molecule has 0 aliphatic heterocycles. The Kier molecular flexibility index (Phi) is 2.98. The molecule has 0 saturated heterocycles. The molecule has 0 aromatic rings. The first-order chi connectivity index (χ1) is 5.20. The Labute approximate surface area is 71.4 Å². The summed E-state index contributed by atoms with van der Waals surface area (Å²) in [6.07, 6.45) is 4.28. The van der Waals surface area contributed by atoms with E-state index in [0.29, 0.717) is 0 Å². The third-order valence-corrected chi connectivity index (χ3v) is 3.72. The molecule has 1 aliphatic carbocycles. The van der Waals surface area contributed by atoms with Crippen molar-refractivity contribution in [3.05, 3.63) is 0 Å². The summed E-state index contributed by atoms with van der Waals surface area (Å²) in [5.41, 5.74) is 0. The first kappa shape index (κ1) is 9.09. The lowest BCUT2D eigenvalue weighted by atomic mass is 9.88. The van der Waals surface area contributed by atoms with Crippen LogP contribution in [-0.4, -0.2) is 0 Å². The summed E-state index contributed by atoms with van der Waals surface area (Å²) in [7, 11) is 0. The minimum Gasteiger partial charge on any atom is -0.0651 e. The monoisotopic (exact) mass is 154 g/mol. The number of hydrogen-bond donors (Lipinski definition) is 0. The maximum absolute atomic E-state index is 2.44. The zero-order valence-electron chi connectivity index (χ0n) is 8.43. The highest BCUT2D eigenvalue weighted by molar-refractivity contribution is 4.89. The Morgan fingerprint density at radius 1 is 1.27 bits per heavy atom. The predicted molar refractivity (Wildman–Crippen MR) is 50.5 cm³/mol. The Hall–Kier alpha value is 0. The van der Waals surface area contributed by atoms with E-state index in [1.165, 1.54) is 19.3 Å². The maximum Gasteiger partial charge on any atom is -0.0355 e. The molecule has 0 spiro atoms. The zero-order chi connectivity index (χ0) is 8.43. The van der Waals surface area contributed by atoms with Crippen LogP contribution in [0.5, 0.6) is 0 Å². The van der Waals surface area contributed by atoms with Crippen LogP contribution in [0, 0.1) is 23.7 Å². The Morgan fingerprint density at radius 3 is 2.27 bits per heavy atom. The van der Waals surface area contributed by atoms with Crippen molar-refractivity contribution in [2.75, 3.05) is 0 Å². The highest BCUT2D eigenvalue weighted by Crippen LogP contribution is 2.48. The van der Waals surface area contributed by atoms with Gasteiger partial charge >= 0.3 is 0 Å². The van der Waals surface area contributed by atoms with Gasteiger partial charge < -0.3 is 0 Å². The van der Waals surface area contributed by atoms with E-state index in [1.54, 1.807) is 0 Å². The van der Waals surface area contributed by atoms with Crippen LogP contribution in [0.4, 0.5) is 0 Å². The second-order valence-electron chi connectivity index (χ2n) is 4.31. The predicted octanol–water partition coefficient (Wildman–Crippen LogP) is 3.71. The normalized spacial score (nSPS) is 34.9. The fraction of sp³-hybridized carbons (Fsp3) is 1.00. The fourth-order valence-corrected chi connectivity index (χ4v) is 2.18. The SMILES string of the molecule is CCC(C)C(C)C1CC1CC. The van der Waals surface area contributed by atoms with Crippen molar-refractivity contribution in [1.29, 1.82) is 0 Å². The van der Waals surface area contributed by atoms with E-state index >= 15 is 0 Å². The average molecular weight is 154 g/mol. The van der Waals surface area contributed by atoms with Gasteiger partial charge in [-0.1, -0.05) is 40.5 Å². The first-order valence-corrected chi connectivity index (χ1v) is 5.20. The molecular weight excluding hydrogens is 132 g/mol. The van der Waals surface area contributed by atoms with Crippen LogP contribution in [-0.2, 0) is 0 Å².